The molecule has 0 unspecified atom stereocenters. The number of methoxy groups -OCH3 is 1. The minimum Gasteiger partial charge on any atom is -0.550 e. The smallest absolute Gasteiger partial charge is 0.122 e. The molecular weight excluding hydrogens is 268 g/mol. The molecular formula is C17H23O4-. The lowest BCUT2D eigenvalue weighted by molar-refractivity contribution is -0.307. The van der Waals surface area contributed by atoms with Gasteiger partial charge in [-0.15, -0.1) is 0 Å². The van der Waals surface area contributed by atoms with Gasteiger partial charge in [0.15, 0.2) is 0 Å². The third-order valence-electron chi connectivity index (χ3n) is 4.41. The van der Waals surface area contributed by atoms with Crippen LogP contribution in [0, 0.1) is 5.92 Å². The highest BCUT2D eigenvalue weighted by Gasteiger charge is 2.41. The maximum Gasteiger partial charge on any atom is 0.122 e. The monoisotopic (exact) mass is 291 g/mol. The van der Waals surface area contributed by atoms with E-state index in [1.54, 1.807) is 7.11 Å². The molecule has 0 radical (unpaired) electrons. The van der Waals surface area contributed by atoms with Crippen molar-refractivity contribution in [1.29, 1.82) is 0 Å². The van der Waals surface area contributed by atoms with E-state index >= 15 is 0 Å². The fraction of sp³-hybridized carbons (Fsp3) is 0.588. The van der Waals surface area contributed by atoms with Crippen molar-refractivity contribution >= 4 is 5.97 Å². The number of carbonyl (C=O) groups excluding carboxylic acids is 1. The van der Waals surface area contributed by atoms with Crippen LogP contribution in [-0.4, -0.2) is 25.8 Å². The molecule has 2 rings (SSSR count). The zero-order chi connectivity index (χ0) is 15.5. The van der Waals surface area contributed by atoms with Gasteiger partial charge in [-0.25, -0.2) is 0 Å². The maximum absolute atomic E-state index is 11.3. The Labute approximate surface area is 126 Å². The summed E-state index contributed by atoms with van der Waals surface area (Å²) in [5.74, 6) is 0.0644. The van der Waals surface area contributed by atoms with Gasteiger partial charge in [-0.05, 0) is 31.2 Å². The molecule has 1 aromatic carbocycles. The molecule has 1 aliphatic rings. The first-order chi connectivity index (χ1) is 9.98. The lowest BCUT2D eigenvalue weighted by atomic mass is 9.68. The summed E-state index contributed by atoms with van der Waals surface area (Å²) < 4.78 is 11.3. The van der Waals surface area contributed by atoms with Gasteiger partial charge in [-0.3, -0.25) is 0 Å². The lowest BCUT2D eigenvalue weighted by Gasteiger charge is -2.43. The Balaban J connectivity index is 2.43. The third kappa shape index (κ3) is 3.38. The minimum absolute atomic E-state index is 0.0000463. The third-order valence-corrected chi connectivity index (χ3v) is 4.41. The van der Waals surface area contributed by atoms with Crippen LogP contribution in [0.15, 0.2) is 24.3 Å². The van der Waals surface area contributed by atoms with Gasteiger partial charge in [0.25, 0.3) is 0 Å². The zero-order valence-corrected chi connectivity index (χ0v) is 12.9. The van der Waals surface area contributed by atoms with Crippen LogP contribution in [0.3, 0.4) is 0 Å². The summed E-state index contributed by atoms with van der Waals surface area (Å²) in [5, 5.41) is 11.3. The second-order valence-electron chi connectivity index (χ2n) is 6.14. The van der Waals surface area contributed by atoms with Crippen LogP contribution in [0.1, 0.15) is 38.7 Å². The molecule has 21 heavy (non-hydrogen) atoms. The van der Waals surface area contributed by atoms with E-state index in [9.17, 15) is 9.90 Å². The molecule has 1 heterocycles. The van der Waals surface area contributed by atoms with Crippen LogP contribution in [0.2, 0.25) is 0 Å². The summed E-state index contributed by atoms with van der Waals surface area (Å²) in [7, 11) is 1.62. The average molecular weight is 291 g/mol. The van der Waals surface area contributed by atoms with Crippen LogP contribution in [0.4, 0.5) is 0 Å². The highest BCUT2D eigenvalue weighted by atomic mass is 16.5. The highest BCUT2D eigenvalue weighted by molar-refractivity contribution is 5.67. The second kappa shape index (κ2) is 6.48. The second-order valence-corrected chi connectivity index (χ2v) is 6.14. The number of rotatable bonds is 5. The Morgan fingerprint density at radius 1 is 1.48 bits per heavy atom. The number of carboxylic acid groups (broad SMARTS) is 1. The first-order valence-electron chi connectivity index (χ1n) is 7.43. The molecule has 1 fully saturated rings. The Bertz CT molecular complexity index is 497. The zero-order valence-electron chi connectivity index (χ0n) is 12.9. The summed E-state index contributed by atoms with van der Waals surface area (Å²) in [6.07, 6.45) is 1.41. The fourth-order valence-corrected chi connectivity index (χ4v) is 3.24. The quantitative estimate of drug-likeness (QED) is 0.831. The van der Waals surface area contributed by atoms with Gasteiger partial charge in [-0.1, -0.05) is 32.0 Å². The van der Waals surface area contributed by atoms with Crippen molar-refractivity contribution < 1.29 is 19.4 Å². The van der Waals surface area contributed by atoms with E-state index in [1.165, 1.54) is 0 Å². The van der Waals surface area contributed by atoms with Crippen molar-refractivity contribution in [1.82, 2.24) is 0 Å². The summed E-state index contributed by atoms with van der Waals surface area (Å²) in [5.41, 5.74) is 0.476. The van der Waals surface area contributed by atoms with Gasteiger partial charge < -0.3 is 19.4 Å². The van der Waals surface area contributed by atoms with E-state index in [2.05, 4.69) is 13.8 Å². The first kappa shape index (κ1) is 15.8. The topological polar surface area (TPSA) is 58.6 Å². The lowest BCUT2D eigenvalue weighted by Crippen LogP contribution is -2.44. The summed E-state index contributed by atoms with van der Waals surface area (Å²) in [6.45, 7) is 4.76. The van der Waals surface area contributed by atoms with Gasteiger partial charge in [0.05, 0.1) is 13.2 Å². The largest absolute Gasteiger partial charge is 0.550 e. The van der Waals surface area contributed by atoms with Gasteiger partial charge in [0.2, 0.25) is 0 Å². The molecule has 1 aromatic rings. The van der Waals surface area contributed by atoms with Gasteiger partial charge >= 0.3 is 0 Å². The number of carboxylic acids is 1. The van der Waals surface area contributed by atoms with E-state index in [0.717, 1.165) is 11.3 Å². The van der Waals surface area contributed by atoms with Crippen molar-refractivity contribution in [2.75, 3.05) is 13.7 Å². The number of para-hydroxylation sites is 1. The molecule has 0 aromatic heterocycles. The molecule has 2 atom stereocenters. The van der Waals surface area contributed by atoms with Gasteiger partial charge in [0, 0.05) is 23.6 Å². The van der Waals surface area contributed by atoms with Crippen molar-refractivity contribution in [3.8, 4) is 5.75 Å². The maximum atomic E-state index is 11.3. The number of hydrogen-bond acceptors (Lipinski definition) is 4. The SMILES string of the molecule is COc1ccccc1[C@@]1(CC(=O)[O-])CCO[C@@H](C(C)C)C1. The van der Waals surface area contributed by atoms with Crippen LogP contribution in [0.25, 0.3) is 0 Å². The van der Waals surface area contributed by atoms with Crippen molar-refractivity contribution in [3.63, 3.8) is 0 Å². The molecule has 1 saturated heterocycles. The van der Waals surface area contributed by atoms with Crippen molar-refractivity contribution in [2.24, 2.45) is 5.92 Å². The predicted octanol–water partition coefficient (Wildman–Crippen LogP) is 1.91. The number of benzene rings is 1. The predicted molar refractivity (Wildman–Crippen MR) is 78.1 cm³/mol. The Hall–Kier alpha value is -1.55. The van der Waals surface area contributed by atoms with Crippen LogP contribution in [0.5, 0.6) is 5.75 Å². The van der Waals surface area contributed by atoms with Gasteiger partial charge in [0.1, 0.15) is 5.75 Å². The van der Waals surface area contributed by atoms with Crippen LogP contribution >= 0.6 is 0 Å². The average Bonchev–Trinajstić information content (AvgIpc) is 2.46. The van der Waals surface area contributed by atoms with Crippen molar-refractivity contribution in [3.05, 3.63) is 29.8 Å². The number of ether oxygens (including phenoxy) is 2. The summed E-state index contributed by atoms with van der Waals surface area (Å²) in [6, 6.07) is 7.67. The number of hydrogen-bond donors (Lipinski definition) is 0. The Morgan fingerprint density at radius 2 is 2.19 bits per heavy atom. The van der Waals surface area contributed by atoms with Gasteiger partial charge in [-0.2, -0.15) is 0 Å². The van der Waals surface area contributed by atoms with Crippen LogP contribution < -0.4 is 9.84 Å². The minimum atomic E-state index is -1.02. The molecule has 116 valence electrons. The Morgan fingerprint density at radius 3 is 2.81 bits per heavy atom. The number of aliphatic carboxylic acids is 1. The molecule has 0 amide bonds. The standard InChI is InChI=1S/C17H24O4/c1-12(2)15-10-17(8-9-21-15,11-16(18)19)13-6-4-5-7-14(13)20-3/h4-7,12,15H,8-11H2,1-3H3,(H,18,19)/p-1/t15-,17+/m1/s1. The van der Waals surface area contributed by atoms with E-state index < -0.39 is 11.4 Å². The molecule has 0 saturated carbocycles. The van der Waals surface area contributed by atoms with E-state index in [1.807, 2.05) is 24.3 Å². The number of carbonyl (C=O) groups is 1. The summed E-state index contributed by atoms with van der Waals surface area (Å²) >= 11 is 0. The normalized spacial score (nSPS) is 25.8. The van der Waals surface area contributed by atoms with E-state index in [4.69, 9.17) is 9.47 Å². The molecule has 0 aliphatic carbocycles. The Kier molecular flexibility index (Phi) is 4.88. The van der Waals surface area contributed by atoms with E-state index in [-0.39, 0.29) is 12.5 Å². The van der Waals surface area contributed by atoms with Crippen molar-refractivity contribution in [2.45, 2.75) is 44.6 Å². The van der Waals surface area contributed by atoms with E-state index in [0.29, 0.717) is 25.4 Å². The fourth-order valence-electron chi connectivity index (χ4n) is 3.24. The molecule has 1 aliphatic heterocycles. The first-order valence-corrected chi connectivity index (χ1v) is 7.43. The van der Waals surface area contributed by atoms with Crippen LogP contribution in [-0.2, 0) is 14.9 Å². The molecule has 4 heteroatoms. The molecule has 0 bridgehead atoms. The molecule has 4 nitrogen and oxygen atoms in total. The highest BCUT2D eigenvalue weighted by Crippen LogP contribution is 2.45. The molecule has 0 spiro atoms. The molecule has 0 N–H and O–H groups in total. The summed E-state index contributed by atoms with van der Waals surface area (Å²) in [4.78, 5) is 11.3.